The Balaban J connectivity index is 1.70. The molecule has 0 N–H and O–H groups in total. The number of rotatable bonds is 2. The third kappa shape index (κ3) is 2.32. The van der Waals surface area contributed by atoms with E-state index in [0.717, 1.165) is 12.8 Å². The van der Waals surface area contributed by atoms with Gasteiger partial charge in [0.15, 0.2) is 5.78 Å². The molecule has 138 valence electrons. The smallest absolute Gasteiger partial charge is 0.338 e. The fourth-order valence-electron chi connectivity index (χ4n) is 5.66. The lowest BCUT2D eigenvalue weighted by molar-refractivity contribution is -0.157. The number of allylic oxidation sites excluding steroid dienone is 1. The normalized spacial score (nSPS) is 33.6. The number of ether oxygens (including phenoxy) is 1. The second-order valence-electron chi connectivity index (χ2n) is 9.85. The van der Waals surface area contributed by atoms with E-state index in [0.29, 0.717) is 22.6 Å². The summed E-state index contributed by atoms with van der Waals surface area (Å²) in [5, 5.41) is 0. The average molecular weight is 352 g/mol. The molecule has 1 aromatic carbocycles. The summed E-state index contributed by atoms with van der Waals surface area (Å²) in [5.41, 5.74) is 1.23. The molecule has 0 heterocycles. The monoisotopic (exact) mass is 352 g/mol. The maximum absolute atomic E-state index is 13.2. The molecule has 0 radical (unpaired) electrons. The van der Waals surface area contributed by atoms with Crippen molar-refractivity contribution in [3.63, 3.8) is 0 Å². The van der Waals surface area contributed by atoms with E-state index in [-0.39, 0.29) is 28.7 Å². The molecule has 3 nitrogen and oxygen atoms in total. The van der Waals surface area contributed by atoms with Crippen LogP contribution in [0, 0.1) is 22.2 Å². The van der Waals surface area contributed by atoms with Crippen LogP contribution in [-0.2, 0) is 9.53 Å². The minimum absolute atomic E-state index is 0.00272. The first-order chi connectivity index (χ1) is 12.1. The Morgan fingerprint density at radius 3 is 2.35 bits per heavy atom. The number of Topliss-reactive ketones (excluding diaryl/α,β-unsaturated/α-hetero) is 1. The predicted molar refractivity (Wildman–Crippen MR) is 102 cm³/mol. The zero-order chi connectivity index (χ0) is 18.9. The van der Waals surface area contributed by atoms with Crippen LogP contribution in [0.15, 0.2) is 30.3 Å². The standard InChI is InChI=1S/C23H28O3/c1-21(2)13-17(15-8-6-7-9-16(15)18(21)24)19(25)26-20-22(3,4)14-10-11-23(20,5)12-14/h6-9,13-14,20H,10-12H2,1-5H3/t14-,20-,23+/m1/s1. The molecule has 0 amide bonds. The average Bonchev–Trinajstić information content (AvgIpc) is 3.06. The fourth-order valence-corrected chi connectivity index (χ4v) is 5.66. The molecule has 0 spiro atoms. The maximum atomic E-state index is 13.2. The van der Waals surface area contributed by atoms with E-state index in [9.17, 15) is 9.59 Å². The number of carbonyl (C=O) groups excluding carboxylic acids is 2. The van der Waals surface area contributed by atoms with Crippen molar-refractivity contribution in [2.24, 2.45) is 22.2 Å². The van der Waals surface area contributed by atoms with Crippen molar-refractivity contribution in [2.75, 3.05) is 0 Å². The molecular weight excluding hydrogens is 324 g/mol. The van der Waals surface area contributed by atoms with Gasteiger partial charge in [-0.05, 0) is 44.6 Å². The summed E-state index contributed by atoms with van der Waals surface area (Å²) >= 11 is 0. The highest BCUT2D eigenvalue weighted by atomic mass is 16.5. The van der Waals surface area contributed by atoms with E-state index in [1.807, 2.05) is 38.1 Å². The Morgan fingerprint density at radius 2 is 1.73 bits per heavy atom. The SMILES string of the molecule is CC1(C)C=C(C(=O)O[C@@H]2C(C)(C)[C@@H]3CC[C@@]2(C)C3)c2ccccc2C1=O. The lowest BCUT2D eigenvalue weighted by atomic mass is 9.70. The summed E-state index contributed by atoms with van der Waals surface area (Å²) in [4.78, 5) is 25.9. The van der Waals surface area contributed by atoms with Crippen LogP contribution in [0.4, 0.5) is 0 Å². The van der Waals surface area contributed by atoms with E-state index in [4.69, 9.17) is 4.74 Å². The van der Waals surface area contributed by atoms with Crippen LogP contribution in [0.3, 0.4) is 0 Å². The van der Waals surface area contributed by atoms with Crippen LogP contribution in [0.1, 0.15) is 69.8 Å². The maximum Gasteiger partial charge on any atom is 0.338 e. The molecule has 3 aliphatic carbocycles. The van der Waals surface area contributed by atoms with Crippen LogP contribution in [-0.4, -0.2) is 17.9 Å². The van der Waals surface area contributed by atoms with Gasteiger partial charge >= 0.3 is 5.97 Å². The van der Waals surface area contributed by atoms with Gasteiger partial charge in [-0.1, -0.05) is 51.1 Å². The third-order valence-corrected chi connectivity index (χ3v) is 7.13. The summed E-state index contributed by atoms with van der Waals surface area (Å²) in [7, 11) is 0. The van der Waals surface area contributed by atoms with Gasteiger partial charge in [-0.2, -0.15) is 0 Å². The predicted octanol–water partition coefficient (Wildman–Crippen LogP) is 5.05. The van der Waals surface area contributed by atoms with Crippen molar-refractivity contribution in [1.82, 2.24) is 0 Å². The van der Waals surface area contributed by atoms with Crippen LogP contribution in [0.2, 0.25) is 0 Å². The summed E-state index contributed by atoms with van der Waals surface area (Å²) in [6.07, 6.45) is 5.21. The highest BCUT2D eigenvalue weighted by molar-refractivity contribution is 6.23. The molecular formula is C23H28O3. The number of hydrogen-bond acceptors (Lipinski definition) is 3. The van der Waals surface area contributed by atoms with Gasteiger partial charge in [0, 0.05) is 21.8 Å². The largest absolute Gasteiger partial charge is 0.458 e. The molecule has 3 atom stereocenters. The zero-order valence-electron chi connectivity index (χ0n) is 16.4. The van der Waals surface area contributed by atoms with Crippen molar-refractivity contribution in [1.29, 1.82) is 0 Å². The quantitative estimate of drug-likeness (QED) is 0.700. The molecule has 4 rings (SSSR count). The minimum atomic E-state index is -0.698. The first-order valence-corrected chi connectivity index (χ1v) is 9.64. The highest BCUT2D eigenvalue weighted by Crippen LogP contribution is 2.63. The Hall–Kier alpha value is -1.90. The Bertz CT molecular complexity index is 825. The van der Waals surface area contributed by atoms with Crippen LogP contribution >= 0.6 is 0 Å². The number of esters is 1. The topological polar surface area (TPSA) is 43.4 Å². The van der Waals surface area contributed by atoms with Gasteiger partial charge in [-0.3, -0.25) is 4.79 Å². The number of ketones is 1. The second kappa shape index (κ2) is 5.31. The first-order valence-electron chi connectivity index (χ1n) is 9.64. The Kier molecular flexibility index (Phi) is 3.58. The van der Waals surface area contributed by atoms with Gasteiger partial charge in [-0.25, -0.2) is 4.79 Å². The molecule has 3 aliphatic rings. The van der Waals surface area contributed by atoms with Gasteiger partial charge < -0.3 is 4.74 Å². The van der Waals surface area contributed by atoms with Crippen molar-refractivity contribution < 1.29 is 14.3 Å². The lowest BCUT2D eigenvalue weighted by Crippen LogP contribution is -2.44. The number of carbonyl (C=O) groups is 2. The van der Waals surface area contributed by atoms with Gasteiger partial charge in [0.25, 0.3) is 0 Å². The Morgan fingerprint density at radius 1 is 1.08 bits per heavy atom. The molecule has 2 saturated carbocycles. The van der Waals surface area contributed by atoms with E-state index in [1.54, 1.807) is 6.08 Å². The van der Waals surface area contributed by atoms with Crippen LogP contribution < -0.4 is 0 Å². The third-order valence-electron chi connectivity index (χ3n) is 7.13. The highest BCUT2D eigenvalue weighted by Gasteiger charge is 2.61. The molecule has 2 fully saturated rings. The van der Waals surface area contributed by atoms with Gasteiger partial charge in [0.05, 0.1) is 5.57 Å². The van der Waals surface area contributed by atoms with Crippen molar-refractivity contribution in [3.8, 4) is 0 Å². The van der Waals surface area contributed by atoms with Crippen LogP contribution in [0.5, 0.6) is 0 Å². The number of hydrogen-bond donors (Lipinski definition) is 0. The zero-order valence-corrected chi connectivity index (χ0v) is 16.4. The van der Waals surface area contributed by atoms with Gasteiger partial charge in [0.2, 0.25) is 0 Å². The molecule has 0 unspecified atom stereocenters. The van der Waals surface area contributed by atoms with Crippen molar-refractivity contribution >= 4 is 17.3 Å². The van der Waals surface area contributed by atoms with E-state index < -0.39 is 5.41 Å². The van der Waals surface area contributed by atoms with Crippen molar-refractivity contribution in [3.05, 3.63) is 41.5 Å². The molecule has 3 heteroatoms. The lowest BCUT2D eigenvalue weighted by Gasteiger charge is -2.42. The van der Waals surface area contributed by atoms with Crippen molar-refractivity contribution in [2.45, 2.75) is 60.0 Å². The summed E-state index contributed by atoms with van der Waals surface area (Å²) in [5.74, 6) is 0.387. The molecule has 26 heavy (non-hydrogen) atoms. The summed E-state index contributed by atoms with van der Waals surface area (Å²) < 4.78 is 6.17. The summed E-state index contributed by atoms with van der Waals surface area (Å²) in [6.45, 7) is 10.5. The minimum Gasteiger partial charge on any atom is -0.458 e. The second-order valence-corrected chi connectivity index (χ2v) is 9.85. The summed E-state index contributed by atoms with van der Waals surface area (Å²) in [6, 6.07) is 7.38. The van der Waals surface area contributed by atoms with E-state index in [1.165, 1.54) is 6.42 Å². The molecule has 0 aromatic heterocycles. The Labute approximate surface area is 155 Å². The molecule has 1 aromatic rings. The number of fused-ring (bicyclic) bond motifs is 3. The fraction of sp³-hybridized carbons (Fsp3) is 0.565. The van der Waals surface area contributed by atoms with Gasteiger partial charge in [0.1, 0.15) is 6.10 Å². The van der Waals surface area contributed by atoms with E-state index in [2.05, 4.69) is 20.8 Å². The van der Waals surface area contributed by atoms with Gasteiger partial charge in [-0.15, -0.1) is 0 Å². The first kappa shape index (κ1) is 17.5. The molecule has 2 bridgehead atoms. The van der Waals surface area contributed by atoms with E-state index >= 15 is 0 Å². The molecule has 0 aliphatic heterocycles. The van der Waals surface area contributed by atoms with Crippen LogP contribution in [0.25, 0.3) is 5.57 Å². The number of benzene rings is 1. The molecule has 0 saturated heterocycles.